The zero-order chi connectivity index (χ0) is 15.3. The molecule has 0 heterocycles. The van der Waals surface area contributed by atoms with Gasteiger partial charge in [-0.25, -0.2) is 0 Å². The highest BCUT2D eigenvalue weighted by molar-refractivity contribution is 9.10. The van der Waals surface area contributed by atoms with E-state index < -0.39 is 6.04 Å². The summed E-state index contributed by atoms with van der Waals surface area (Å²) in [5.41, 5.74) is 6.55. The van der Waals surface area contributed by atoms with Crippen LogP contribution in [0.5, 0.6) is 5.75 Å². The number of halogens is 2. The van der Waals surface area contributed by atoms with E-state index in [-0.39, 0.29) is 24.4 Å². The number of rotatable bonds is 6. The quantitative estimate of drug-likeness (QED) is 0.786. The van der Waals surface area contributed by atoms with Gasteiger partial charge >= 0.3 is 0 Å². The highest BCUT2D eigenvalue weighted by atomic mass is 79.9. The van der Waals surface area contributed by atoms with Crippen molar-refractivity contribution in [3.8, 4) is 5.75 Å². The lowest BCUT2D eigenvalue weighted by molar-refractivity contribution is -0.117. The van der Waals surface area contributed by atoms with E-state index in [0.29, 0.717) is 23.8 Å². The fraction of sp³-hybridized carbons (Fsp3) is 0.533. The Labute approximate surface area is 141 Å². The van der Waals surface area contributed by atoms with Crippen molar-refractivity contribution in [2.45, 2.75) is 46.3 Å². The highest BCUT2D eigenvalue weighted by Gasteiger charge is 2.15. The third-order valence-corrected chi connectivity index (χ3v) is 3.03. The van der Waals surface area contributed by atoms with Gasteiger partial charge in [0.2, 0.25) is 5.91 Å². The van der Waals surface area contributed by atoms with Crippen LogP contribution in [0, 0.1) is 5.92 Å². The Bertz CT molecular complexity index is 467. The second-order valence-corrected chi connectivity index (χ2v) is 6.48. The standard InChI is InChI=1S/C15H23BrN2O2.ClH/c1-9(2)5-14(17)15(19)18-12-6-11(16)7-13(8-12)20-10(3)4;/h6-10,14H,5,17H2,1-4H3,(H,18,19);1H/t14-;/m0./s1. The van der Waals surface area contributed by atoms with Gasteiger partial charge in [0, 0.05) is 16.2 Å². The number of benzene rings is 1. The molecule has 3 N–H and O–H groups in total. The maximum Gasteiger partial charge on any atom is 0.241 e. The van der Waals surface area contributed by atoms with E-state index in [1.807, 2.05) is 39.8 Å². The molecule has 120 valence electrons. The molecule has 1 rings (SSSR count). The number of nitrogens with two attached hydrogens (primary N) is 1. The Morgan fingerprint density at radius 2 is 1.90 bits per heavy atom. The minimum Gasteiger partial charge on any atom is -0.491 e. The van der Waals surface area contributed by atoms with Crippen LogP contribution in [-0.2, 0) is 4.79 Å². The normalized spacial score (nSPS) is 12.0. The maximum atomic E-state index is 12.0. The van der Waals surface area contributed by atoms with Crippen molar-refractivity contribution < 1.29 is 9.53 Å². The van der Waals surface area contributed by atoms with E-state index >= 15 is 0 Å². The highest BCUT2D eigenvalue weighted by Crippen LogP contribution is 2.25. The van der Waals surface area contributed by atoms with Crippen LogP contribution in [0.3, 0.4) is 0 Å². The zero-order valence-electron chi connectivity index (χ0n) is 12.9. The van der Waals surface area contributed by atoms with Crippen LogP contribution in [-0.4, -0.2) is 18.1 Å². The minimum absolute atomic E-state index is 0. The van der Waals surface area contributed by atoms with Crippen LogP contribution in [0.15, 0.2) is 22.7 Å². The second kappa shape index (κ2) is 9.28. The number of carbonyl (C=O) groups excluding carboxylic acids is 1. The van der Waals surface area contributed by atoms with E-state index in [4.69, 9.17) is 10.5 Å². The van der Waals surface area contributed by atoms with Gasteiger partial charge in [-0.15, -0.1) is 12.4 Å². The van der Waals surface area contributed by atoms with Gasteiger partial charge in [-0.05, 0) is 38.3 Å². The van der Waals surface area contributed by atoms with Gasteiger partial charge in [-0.1, -0.05) is 29.8 Å². The summed E-state index contributed by atoms with van der Waals surface area (Å²) in [5.74, 6) is 0.924. The zero-order valence-corrected chi connectivity index (χ0v) is 15.3. The average molecular weight is 380 g/mol. The van der Waals surface area contributed by atoms with Gasteiger partial charge < -0.3 is 15.8 Å². The SMILES string of the molecule is CC(C)C[C@H](N)C(=O)Nc1cc(Br)cc(OC(C)C)c1.Cl. The molecule has 1 atom stereocenters. The largest absolute Gasteiger partial charge is 0.491 e. The molecule has 0 radical (unpaired) electrons. The number of nitrogens with one attached hydrogen (secondary N) is 1. The lowest BCUT2D eigenvalue weighted by Gasteiger charge is -2.16. The molecule has 1 aromatic carbocycles. The molecule has 0 aliphatic heterocycles. The van der Waals surface area contributed by atoms with E-state index in [2.05, 4.69) is 21.2 Å². The first-order chi connectivity index (χ1) is 9.27. The topological polar surface area (TPSA) is 64.4 Å². The summed E-state index contributed by atoms with van der Waals surface area (Å²) >= 11 is 3.41. The van der Waals surface area contributed by atoms with Crippen LogP contribution in [0.4, 0.5) is 5.69 Å². The molecule has 0 aromatic heterocycles. The van der Waals surface area contributed by atoms with Crippen LogP contribution in [0.25, 0.3) is 0 Å². The van der Waals surface area contributed by atoms with Crippen LogP contribution in [0.1, 0.15) is 34.1 Å². The number of anilines is 1. The fourth-order valence-corrected chi connectivity index (χ4v) is 2.30. The summed E-state index contributed by atoms with van der Waals surface area (Å²) in [4.78, 5) is 12.0. The first kappa shape index (κ1) is 20.2. The lowest BCUT2D eigenvalue weighted by atomic mass is 10.0. The second-order valence-electron chi connectivity index (χ2n) is 5.57. The van der Waals surface area contributed by atoms with Crippen molar-refractivity contribution in [1.82, 2.24) is 0 Å². The monoisotopic (exact) mass is 378 g/mol. The van der Waals surface area contributed by atoms with Crippen molar-refractivity contribution in [1.29, 1.82) is 0 Å². The number of amides is 1. The van der Waals surface area contributed by atoms with Gasteiger partial charge in [-0.3, -0.25) is 4.79 Å². The van der Waals surface area contributed by atoms with Crippen molar-refractivity contribution in [2.24, 2.45) is 11.7 Å². The van der Waals surface area contributed by atoms with Gasteiger partial charge in [0.25, 0.3) is 0 Å². The van der Waals surface area contributed by atoms with Crippen molar-refractivity contribution >= 4 is 39.9 Å². The molecule has 0 unspecified atom stereocenters. The van der Waals surface area contributed by atoms with Crippen molar-refractivity contribution in [3.63, 3.8) is 0 Å². The Morgan fingerprint density at radius 1 is 1.29 bits per heavy atom. The summed E-state index contributed by atoms with van der Waals surface area (Å²) in [6.07, 6.45) is 0.742. The van der Waals surface area contributed by atoms with Gasteiger partial charge in [-0.2, -0.15) is 0 Å². The summed E-state index contributed by atoms with van der Waals surface area (Å²) in [6, 6.07) is 4.99. The molecule has 0 bridgehead atoms. The molecule has 21 heavy (non-hydrogen) atoms. The number of ether oxygens (including phenoxy) is 1. The van der Waals surface area contributed by atoms with E-state index in [9.17, 15) is 4.79 Å². The lowest BCUT2D eigenvalue weighted by Crippen LogP contribution is -2.36. The molecule has 0 fully saturated rings. The molecule has 1 aromatic rings. The van der Waals surface area contributed by atoms with Gasteiger partial charge in [0.1, 0.15) is 5.75 Å². The fourth-order valence-electron chi connectivity index (χ4n) is 1.82. The third-order valence-electron chi connectivity index (χ3n) is 2.57. The molecule has 1 amide bonds. The number of carbonyl (C=O) groups is 1. The maximum absolute atomic E-state index is 12.0. The summed E-state index contributed by atoms with van der Waals surface area (Å²) in [6.45, 7) is 8.00. The summed E-state index contributed by atoms with van der Waals surface area (Å²) in [7, 11) is 0. The molecular weight excluding hydrogens is 356 g/mol. The predicted octanol–water partition coefficient (Wildman–Crippen LogP) is 3.97. The van der Waals surface area contributed by atoms with Crippen LogP contribution in [0.2, 0.25) is 0 Å². The van der Waals surface area contributed by atoms with Crippen molar-refractivity contribution in [2.75, 3.05) is 5.32 Å². The Hall–Kier alpha value is -0.780. The molecule has 4 nitrogen and oxygen atoms in total. The Balaban J connectivity index is 0.00000400. The first-order valence-corrected chi connectivity index (χ1v) is 7.61. The van der Waals surface area contributed by atoms with Crippen molar-refractivity contribution in [3.05, 3.63) is 22.7 Å². The summed E-state index contributed by atoms with van der Waals surface area (Å²) < 4.78 is 6.48. The number of hydrogen-bond acceptors (Lipinski definition) is 3. The molecule has 6 heteroatoms. The summed E-state index contributed by atoms with van der Waals surface area (Å²) in [5, 5.41) is 2.83. The number of hydrogen-bond donors (Lipinski definition) is 2. The van der Waals surface area contributed by atoms with E-state index in [1.54, 1.807) is 6.07 Å². The first-order valence-electron chi connectivity index (χ1n) is 6.81. The van der Waals surface area contributed by atoms with E-state index in [0.717, 1.165) is 4.47 Å². The van der Waals surface area contributed by atoms with E-state index in [1.165, 1.54) is 0 Å². The molecular formula is C15H24BrClN2O2. The Kier molecular flexibility index (Phi) is 8.94. The Morgan fingerprint density at radius 3 is 2.43 bits per heavy atom. The minimum atomic E-state index is -0.497. The molecule has 0 saturated carbocycles. The van der Waals surface area contributed by atoms with Crippen LogP contribution < -0.4 is 15.8 Å². The van der Waals surface area contributed by atoms with Gasteiger partial charge in [0.15, 0.2) is 0 Å². The average Bonchev–Trinajstić information content (AvgIpc) is 2.25. The van der Waals surface area contributed by atoms with Crippen LogP contribution >= 0.6 is 28.3 Å². The third kappa shape index (κ3) is 7.69. The molecule has 0 aliphatic rings. The predicted molar refractivity (Wildman–Crippen MR) is 93.2 cm³/mol. The van der Waals surface area contributed by atoms with Gasteiger partial charge in [0.05, 0.1) is 12.1 Å². The molecule has 0 saturated heterocycles. The smallest absolute Gasteiger partial charge is 0.241 e. The molecule has 0 aliphatic carbocycles. The molecule has 0 spiro atoms.